The van der Waals surface area contributed by atoms with Gasteiger partial charge >= 0.3 is 5.69 Å². The number of nitrogens with zero attached hydrogens (tertiary/aromatic N) is 9. The predicted octanol–water partition coefficient (Wildman–Crippen LogP) is 5.83. The van der Waals surface area contributed by atoms with Gasteiger partial charge in [-0.25, -0.2) is 23.1 Å². The summed E-state index contributed by atoms with van der Waals surface area (Å²) >= 11 is 0. The third-order valence-corrected chi connectivity index (χ3v) is 13.7. The topological polar surface area (TPSA) is 166 Å². The van der Waals surface area contributed by atoms with Gasteiger partial charge in [-0.1, -0.05) is 18.6 Å². The molecule has 2 N–H and O–H groups in total. The van der Waals surface area contributed by atoms with Crippen LogP contribution >= 0.6 is 0 Å². The van der Waals surface area contributed by atoms with Crippen LogP contribution in [-0.2, 0) is 27.8 Å². The number of ether oxygens (including phenoxy) is 1. The summed E-state index contributed by atoms with van der Waals surface area (Å²) in [5, 5.41) is 13.7. The van der Waals surface area contributed by atoms with Gasteiger partial charge in [0.05, 0.1) is 41.2 Å². The predicted molar refractivity (Wildman–Crippen MR) is 232 cm³/mol. The molecule has 9 rings (SSSR count). The van der Waals surface area contributed by atoms with Crippen molar-refractivity contribution in [2.24, 2.45) is 18.9 Å². The lowest BCUT2D eigenvalue weighted by Crippen LogP contribution is -2.45. The maximum absolute atomic E-state index is 14.3. The quantitative estimate of drug-likeness (QED) is 0.146. The van der Waals surface area contributed by atoms with E-state index in [1.165, 1.54) is 10.7 Å². The van der Waals surface area contributed by atoms with Crippen LogP contribution in [0.2, 0.25) is 0 Å². The van der Waals surface area contributed by atoms with Crippen molar-refractivity contribution in [1.82, 2.24) is 43.7 Å². The molecule has 1 aliphatic carbocycles. The number of carbonyl (C=O) groups excluding carboxylic acids is 3. The van der Waals surface area contributed by atoms with Crippen LogP contribution < -0.4 is 21.2 Å². The Hall–Kier alpha value is -5.49. The third kappa shape index (κ3) is 8.88. The second-order valence-corrected chi connectivity index (χ2v) is 18.2. The molecule has 4 fully saturated rings. The lowest BCUT2D eigenvalue weighted by Gasteiger charge is -2.36. The van der Waals surface area contributed by atoms with Gasteiger partial charge in [0.1, 0.15) is 17.4 Å². The normalized spacial score (nSPS) is 24.2. The highest BCUT2D eigenvalue weighted by molar-refractivity contribution is 6.08. The molecular formula is C45H57F2N11O5. The fraction of sp³-hybridized carbons (Fsp3) is 0.578. The highest BCUT2D eigenvalue weighted by Crippen LogP contribution is 2.36. The van der Waals surface area contributed by atoms with E-state index in [9.17, 15) is 28.0 Å². The van der Waals surface area contributed by atoms with Gasteiger partial charge in [-0.2, -0.15) is 10.2 Å². The van der Waals surface area contributed by atoms with E-state index in [4.69, 9.17) is 9.72 Å². The highest BCUT2D eigenvalue weighted by Gasteiger charge is 2.33. The SMILES string of the molecule is C[C@H]1CN(c2ccn3ncc(C(=O)Nc4cn([C@H]5CC[C@H](CN6CCC(CCCc7cccc8c7n(C)c(=O)n8C7CCC(=O)NC7=O)CC6)CC5)nc4C(F)F)c3n2)C[C@H](C)O1. The van der Waals surface area contributed by atoms with Crippen molar-refractivity contribution in [2.45, 2.75) is 115 Å². The van der Waals surface area contributed by atoms with Crippen LogP contribution in [0.5, 0.6) is 0 Å². The van der Waals surface area contributed by atoms with Crippen LogP contribution in [0.15, 0.2) is 47.7 Å². The Bertz CT molecular complexity index is 2540. The number of rotatable bonds is 12. The molecule has 3 amide bonds. The van der Waals surface area contributed by atoms with E-state index in [1.807, 2.05) is 32.0 Å². The number of benzene rings is 1. The second kappa shape index (κ2) is 17.9. The molecule has 336 valence electrons. The number of amides is 3. The molecule has 1 unspecified atom stereocenters. The summed E-state index contributed by atoms with van der Waals surface area (Å²) in [7, 11) is 1.75. The summed E-state index contributed by atoms with van der Waals surface area (Å²) in [5.74, 6) is 0.553. The average Bonchev–Trinajstić information content (AvgIpc) is 3.96. The van der Waals surface area contributed by atoms with Gasteiger partial charge in [-0.05, 0) is 114 Å². The number of nitrogens with one attached hydrogen (secondary N) is 2. The number of hydrogen-bond acceptors (Lipinski definition) is 10. The molecule has 18 heteroatoms. The summed E-state index contributed by atoms with van der Waals surface area (Å²) in [6.07, 6.45) is 11.3. The number of aromatic nitrogens is 7. The molecule has 1 saturated carbocycles. The number of morpholine rings is 1. The minimum atomic E-state index is -2.86. The van der Waals surface area contributed by atoms with Gasteiger partial charge in [0.2, 0.25) is 11.8 Å². The number of fused-ring (bicyclic) bond motifs is 2. The zero-order valence-electron chi connectivity index (χ0n) is 36.2. The largest absolute Gasteiger partial charge is 0.372 e. The van der Waals surface area contributed by atoms with E-state index < -0.39 is 30.0 Å². The minimum absolute atomic E-state index is 0.00197. The molecule has 0 spiro atoms. The number of anilines is 2. The van der Waals surface area contributed by atoms with Crippen molar-refractivity contribution < 1.29 is 27.9 Å². The first-order valence-corrected chi connectivity index (χ1v) is 22.6. The Kier molecular flexibility index (Phi) is 12.2. The number of imide groups is 1. The summed E-state index contributed by atoms with van der Waals surface area (Å²) in [6.45, 7) is 8.46. The van der Waals surface area contributed by atoms with Crippen LogP contribution in [0.1, 0.15) is 118 Å². The van der Waals surface area contributed by atoms with Crippen molar-refractivity contribution in [1.29, 1.82) is 0 Å². The molecule has 63 heavy (non-hydrogen) atoms. The van der Waals surface area contributed by atoms with Crippen molar-refractivity contribution in [3.63, 3.8) is 0 Å². The number of piperidine rings is 2. The summed E-state index contributed by atoms with van der Waals surface area (Å²) in [4.78, 5) is 60.7. The van der Waals surface area contributed by atoms with Crippen LogP contribution in [0.3, 0.4) is 0 Å². The molecule has 5 aromatic rings. The molecule has 3 saturated heterocycles. The number of aryl methyl sites for hydroxylation is 2. The smallest absolute Gasteiger partial charge is 0.329 e. The van der Waals surface area contributed by atoms with E-state index in [0.717, 1.165) is 94.0 Å². The van der Waals surface area contributed by atoms with E-state index in [0.29, 0.717) is 42.8 Å². The van der Waals surface area contributed by atoms with E-state index in [-0.39, 0.29) is 47.5 Å². The number of likely N-dealkylation sites (tertiary alicyclic amines) is 1. The first kappa shape index (κ1) is 42.8. The molecule has 4 aliphatic rings. The van der Waals surface area contributed by atoms with Crippen molar-refractivity contribution in [3.8, 4) is 0 Å². The zero-order valence-corrected chi connectivity index (χ0v) is 36.2. The standard InChI is InChI=1S/C45H57F2N11O5/c1-27-23-55(24-28(2)63-27)37-18-21-56-42(50-37)33(22-48-56)43(60)49-34-26-57(52-39(34)41(46)47)32-12-10-30(11-13-32)25-54-19-16-29(17-20-54)6-4-7-31-8-5-9-35-40(31)53(3)45(62)58(35)36-14-15-38(59)51-44(36)61/h5,8-9,18,21-22,26-30,32,36,41H,4,6-7,10-17,19-20,23-25H2,1-3H3,(H,49,60)(H,51,59,61)/t27-,28-,30-,32-,36?/m0/s1. The fourth-order valence-electron chi connectivity index (χ4n) is 10.5. The molecule has 4 aromatic heterocycles. The Morgan fingerprint density at radius 2 is 1.75 bits per heavy atom. The molecule has 16 nitrogen and oxygen atoms in total. The third-order valence-electron chi connectivity index (χ3n) is 13.7. The molecule has 1 aromatic carbocycles. The zero-order chi connectivity index (χ0) is 43.9. The van der Waals surface area contributed by atoms with Crippen LogP contribution in [0.25, 0.3) is 16.7 Å². The van der Waals surface area contributed by atoms with E-state index in [1.54, 1.807) is 33.3 Å². The Morgan fingerprint density at radius 1 is 0.984 bits per heavy atom. The molecule has 3 aliphatic heterocycles. The monoisotopic (exact) mass is 869 g/mol. The van der Waals surface area contributed by atoms with Gasteiger partial charge in [0.15, 0.2) is 11.3 Å². The molecule has 3 atom stereocenters. The van der Waals surface area contributed by atoms with Gasteiger partial charge in [0.25, 0.3) is 12.3 Å². The fourth-order valence-corrected chi connectivity index (χ4v) is 10.5. The minimum Gasteiger partial charge on any atom is -0.372 e. The maximum Gasteiger partial charge on any atom is 0.329 e. The summed E-state index contributed by atoms with van der Waals surface area (Å²) in [6, 6.07) is 7.02. The molecule has 0 bridgehead atoms. The number of hydrogen-bond donors (Lipinski definition) is 2. The van der Waals surface area contributed by atoms with Gasteiger partial charge in [-0.3, -0.25) is 33.5 Å². The second-order valence-electron chi connectivity index (χ2n) is 18.2. The molecular weight excluding hydrogens is 813 g/mol. The molecule has 0 radical (unpaired) electrons. The van der Waals surface area contributed by atoms with Crippen molar-refractivity contribution in [2.75, 3.05) is 42.9 Å². The maximum atomic E-state index is 14.3. The van der Waals surface area contributed by atoms with Gasteiger partial charge < -0.3 is 19.9 Å². The van der Waals surface area contributed by atoms with E-state index >= 15 is 0 Å². The highest BCUT2D eigenvalue weighted by atomic mass is 19.3. The number of carbonyl (C=O) groups is 3. The van der Waals surface area contributed by atoms with Crippen molar-refractivity contribution >= 4 is 45.9 Å². The summed E-state index contributed by atoms with van der Waals surface area (Å²) < 4.78 is 40.8. The van der Waals surface area contributed by atoms with Gasteiger partial charge in [0, 0.05) is 45.5 Å². The Labute approximate surface area is 363 Å². The van der Waals surface area contributed by atoms with Crippen LogP contribution in [-0.4, -0.2) is 101 Å². The van der Waals surface area contributed by atoms with Crippen LogP contribution in [0.4, 0.5) is 20.3 Å². The number of imidazole rings is 1. The first-order valence-electron chi connectivity index (χ1n) is 22.6. The lowest BCUT2D eigenvalue weighted by atomic mass is 9.84. The number of alkyl halides is 2. The molecule has 7 heterocycles. The van der Waals surface area contributed by atoms with E-state index in [2.05, 4.69) is 36.7 Å². The number of para-hydroxylation sites is 1. The van der Waals surface area contributed by atoms with Gasteiger partial charge in [-0.15, -0.1) is 0 Å². The Morgan fingerprint density at radius 3 is 2.48 bits per heavy atom. The van der Waals surface area contributed by atoms with Crippen LogP contribution in [0, 0.1) is 11.8 Å². The Balaban J connectivity index is 0.750. The lowest BCUT2D eigenvalue weighted by molar-refractivity contribution is -0.135. The van der Waals surface area contributed by atoms with Crippen molar-refractivity contribution in [3.05, 3.63) is 70.2 Å². The average molecular weight is 870 g/mol. The number of halogens is 2. The first-order chi connectivity index (χ1) is 30.4. The summed E-state index contributed by atoms with van der Waals surface area (Å²) in [5.41, 5.74) is 2.52.